The Morgan fingerprint density at radius 3 is 2.11 bits per heavy atom. The molecule has 1 rings (SSSR count). The molecule has 0 fully saturated rings. The van der Waals surface area contributed by atoms with Gasteiger partial charge in [-0.05, 0) is 24.1 Å². The predicted octanol–water partition coefficient (Wildman–Crippen LogP) is -0.525. The number of alkyl carbamates (subject to hydrolysis) is 1. The average Bonchev–Trinajstić information content (AvgIpc) is 2.58. The molecule has 2 atom stereocenters. The number of carbonyl (C=O) groups excluding carboxylic acids is 3. The van der Waals surface area contributed by atoms with E-state index in [1.165, 1.54) is 0 Å². The van der Waals surface area contributed by atoms with Gasteiger partial charge in [-0.25, -0.2) is 4.79 Å². The number of hydrogen-bond donors (Lipinski definition) is 1. The number of carbonyl (C=O) groups is 3. The van der Waals surface area contributed by atoms with E-state index < -0.39 is 30.2 Å². The van der Waals surface area contributed by atoms with Crippen LogP contribution in [0.25, 0.3) is 0 Å². The minimum atomic E-state index is -1.24. The molecule has 1 aromatic carbocycles. The molecule has 1 N–H and O–H groups in total. The molecule has 1 amide bonds. The van der Waals surface area contributed by atoms with Crippen molar-refractivity contribution in [1.29, 1.82) is 0 Å². The topological polar surface area (TPSA) is 105 Å². The SMILES string of the molecule is CC(C)C(=O)O[C@H](OC(=O)NC[C@H](CC(=O)[O-])c1ccc(Cl)cc1)C(C)C.[Na+]. The Morgan fingerprint density at radius 2 is 1.64 bits per heavy atom. The van der Waals surface area contributed by atoms with Crippen molar-refractivity contribution >= 4 is 29.6 Å². The molecular weight excluding hydrogens is 397 g/mol. The van der Waals surface area contributed by atoms with E-state index in [4.69, 9.17) is 21.1 Å². The summed E-state index contributed by atoms with van der Waals surface area (Å²) in [6, 6.07) is 6.64. The summed E-state index contributed by atoms with van der Waals surface area (Å²) in [5.74, 6) is -2.83. The minimum absolute atomic E-state index is 0. The van der Waals surface area contributed by atoms with Gasteiger partial charge in [0.1, 0.15) is 0 Å². The Hall–Kier alpha value is -1.28. The number of hydrogen-bond acceptors (Lipinski definition) is 6. The molecule has 0 aliphatic heterocycles. The molecule has 0 saturated carbocycles. The number of aliphatic carboxylic acids is 1. The first-order valence-corrected chi connectivity index (χ1v) is 9.08. The number of carboxylic acids is 1. The predicted molar refractivity (Wildman–Crippen MR) is 97.9 cm³/mol. The van der Waals surface area contributed by atoms with E-state index in [2.05, 4.69) is 5.32 Å². The van der Waals surface area contributed by atoms with Gasteiger partial charge in [0.15, 0.2) is 0 Å². The number of carboxylic acid groups (broad SMARTS) is 1. The van der Waals surface area contributed by atoms with Crippen LogP contribution in [0, 0.1) is 11.8 Å². The normalized spacial score (nSPS) is 12.7. The number of benzene rings is 1. The molecular formula is C19H25ClNNaO6. The summed E-state index contributed by atoms with van der Waals surface area (Å²) in [5.41, 5.74) is 0.690. The number of esters is 1. The van der Waals surface area contributed by atoms with Crippen LogP contribution in [0.3, 0.4) is 0 Å². The van der Waals surface area contributed by atoms with E-state index in [1.807, 2.05) is 0 Å². The third-order valence-corrected chi connectivity index (χ3v) is 3.97. The van der Waals surface area contributed by atoms with Gasteiger partial charge in [-0.2, -0.15) is 0 Å². The van der Waals surface area contributed by atoms with Gasteiger partial charge in [-0.1, -0.05) is 51.4 Å². The third kappa shape index (κ3) is 9.78. The van der Waals surface area contributed by atoms with Gasteiger partial charge < -0.3 is 24.7 Å². The van der Waals surface area contributed by atoms with Crippen molar-refractivity contribution in [3.05, 3.63) is 34.9 Å². The summed E-state index contributed by atoms with van der Waals surface area (Å²) in [7, 11) is 0. The van der Waals surface area contributed by atoms with Crippen molar-refractivity contribution < 1.29 is 58.5 Å². The van der Waals surface area contributed by atoms with E-state index in [9.17, 15) is 19.5 Å². The summed E-state index contributed by atoms with van der Waals surface area (Å²) >= 11 is 5.84. The second-order valence-corrected chi connectivity index (χ2v) is 7.25. The number of ether oxygens (including phenoxy) is 2. The van der Waals surface area contributed by atoms with Crippen LogP contribution >= 0.6 is 11.6 Å². The van der Waals surface area contributed by atoms with Crippen LogP contribution in [0.2, 0.25) is 5.02 Å². The zero-order valence-corrected chi connectivity index (χ0v) is 19.6. The number of halogens is 1. The number of rotatable bonds is 9. The quantitative estimate of drug-likeness (QED) is 0.327. The monoisotopic (exact) mass is 421 g/mol. The van der Waals surface area contributed by atoms with E-state index in [-0.39, 0.29) is 54.4 Å². The summed E-state index contributed by atoms with van der Waals surface area (Å²) < 4.78 is 10.3. The third-order valence-electron chi connectivity index (χ3n) is 3.72. The standard InChI is InChI=1S/C19H26ClNO6.Na/c1-11(2)17(24)26-18(12(3)4)27-19(25)21-10-14(9-16(22)23)13-5-7-15(20)8-6-13;/h5-8,11-12,14,18H,9-10H2,1-4H3,(H,21,25)(H,22,23);/q;+1/p-1/t14-,18+;/m0./s1. The van der Waals surface area contributed by atoms with Gasteiger partial charge in [0.2, 0.25) is 0 Å². The molecule has 150 valence electrons. The molecule has 0 spiro atoms. The van der Waals surface area contributed by atoms with E-state index in [0.29, 0.717) is 10.6 Å². The molecule has 0 aliphatic rings. The van der Waals surface area contributed by atoms with E-state index >= 15 is 0 Å². The fraction of sp³-hybridized carbons (Fsp3) is 0.526. The van der Waals surface area contributed by atoms with Gasteiger partial charge in [-0.15, -0.1) is 0 Å². The first-order valence-electron chi connectivity index (χ1n) is 8.70. The van der Waals surface area contributed by atoms with Gasteiger partial charge in [0.05, 0.1) is 5.92 Å². The number of nitrogens with one attached hydrogen (secondary N) is 1. The molecule has 0 saturated heterocycles. The molecule has 0 unspecified atom stereocenters. The Kier molecular flexibility index (Phi) is 12.4. The van der Waals surface area contributed by atoms with Crippen molar-refractivity contribution in [3.8, 4) is 0 Å². The van der Waals surface area contributed by atoms with Crippen molar-refractivity contribution in [2.45, 2.75) is 46.3 Å². The molecule has 1 aromatic rings. The summed E-state index contributed by atoms with van der Waals surface area (Å²) in [6.07, 6.45) is -2.12. The zero-order chi connectivity index (χ0) is 20.6. The first kappa shape index (κ1) is 26.7. The molecule has 0 aromatic heterocycles. The van der Waals surface area contributed by atoms with Crippen molar-refractivity contribution in [3.63, 3.8) is 0 Å². The van der Waals surface area contributed by atoms with Crippen molar-refractivity contribution in [2.75, 3.05) is 6.54 Å². The summed E-state index contributed by atoms with van der Waals surface area (Å²) in [6.45, 7) is 6.86. The molecule has 0 aliphatic carbocycles. The Balaban J connectivity index is 0.00000729. The van der Waals surface area contributed by atoms with Crippen LogP contribution in [0.1, 0.15) is 45.6 Å². The average molecular weight is 422 g/mol. The Labute approximate surface area is 192 Å². The van der Waals surface area contributed by atoms with E-state index in [0.717, 1.165) is 0 Å². The van der Waals surface area contributed by atoms with Crippen molar-refractivity contribution in [1.82, 2.24) is 5.32 Å². The Bertz CT molecular complexity index is 650. The molecule has 0 radical (unpaired) electrons. The van der Waals surface area contributed by atoms with E-state index in [1.54, 1.807) is 52.0 Å². The largest absolute Gasteiger partial charge is 1.00 e. The van der Waals surface area contributed by atoms with Crippen LogP contribution in [0.15, 0.2) is 24.3 Å². The molecule has 7 nitrogen and oxygen atoms in total. The maximum absolute atomic E-state index is 12.1. The molecule has 9 heteroatoms. The maximum Gasteiger partial charge on any atom is 1.00 e. The second kappa shape index (κ2) is 13.0. The summed E-state index contributed by atoms with van der Waals surface area (Å²) in [5, 5.41) is 14.0. The molecule has 28 heavy (non-hydrogen) atoms. The van der Waals surface area contributed by atoms with Crippen LogP contribution in [-0.2, 0) is 19.1 Å². The van der Waals surface area contributed by atoms with Gasteiger partial charge >= 0.3 is 41.6 Å². The smallest absolute Gasteiger partial charge is 0.550 e. The molecule has 0 bridgehead atoms. The fourth-order valence-electron chi connectivity index (χ4n) is 2.14. The van der Waals surface area contributed by atoms with Crippen LogP contribution in [0.4, 0.5) is 4.79 Å². The van der Waals surface area contributed by atoms with Crippen molar-refractivity contribution in [2.24, 2.45) is 11.8 Å². The van der Waals surface area contributed by atoms with Crippen LogP contribution < -0.4 is 40.0 Å². The maximum atomic E-state index is 12.1. The summed E-state index contributed by atoms with van der Waals surface area (Å²) in [4.78, 5) is 34.8. The van der Waals surface area contributed by atoms with Crippen LogP contribution in [0.5, 0.6) is 0 Å². The molecule has 0 heterocycles. The minimum Gasteiger partial charge on any atom is -0.550 e. The van der Waals surface area contributed by atoms with Gasteiger partial charge in [0, 0.05) is 29.4 Å². The Morgan fingerprint density at radius 1 is 1.07 bits per heavy atom. The van der Waals surface area contributed by atoms with Gasteiger partial charge in [0.25, 0.3) is 6.29 Å². The van der Waals surface area contributed by atoms with Gasteiger partial charge in [-0.3, -0.25) is 4.79 Å². The zero-order valence-electron chi connectivity index (χ0n) is 16.9. The number of amides is 1. The fourth-order valence-corrected chi connectivity index (χ4v) is 2.27. The second-order valence-electron chi connectivity index (χ2n) is 6.81. The van der Waals surface area contributed by atoms with Crippen LogP contribution in [-0.4, -0.2) is 30.9 Å². The first-order chi connectivity index (χ1) is 12.6.